The monoisotopic (exact) mass is 447 g/mol. The van der Waals surface area contributed by atoms with E-state index in [-0.39, 0.29) is 23.3 Å². The van der Waals surface area contributed by atoms with Crippen LogP contribution in [0.5, 0.6) is 11.8 Å². The average molecular weight is 448 g/mol. The molecular formula is C20H16Cl2FN5O2. The van der Waals surface area contributed by atoms with Gasteiger partial charge in [-0.25, -0.2) is 4.39 Å². The van der Waals surface area contributed by atoms with Gasteiger partial charge in [-0.05, 0) is 31.2 Å². The molecule has 0 aliphatic rings. The van der Waals surface area contributed by atoms with Crippen molar-refractivity contribution in [2.75, 3.05) is 11.9 Å². The first-order valence-corrected chi connectivity index (χ1v) is 9.74. The zero-order valence-electron chi connectivity index (χ0n) is 15.7. The number of fused-ring (bicyclic) bond motifs is 1. The molecule has 0 bridgehead atoms. The quantitative estimate of drug-likeness (QED) is 0.382. The number of aliphatic hydroxyl groups excluding tert-OH is 1. The average Bonchev–Trinajstić information content (AvgIpc) is 3.12. The Morgan fingerprint density at radius 3 is 2.70 bits per heavy atom. The molecule has 0 saturated heterocycles. The van der Waals surface area contributed by atoms with Gasteiger partial charge in [0.2, 0.25) is 0 Å². The molecule has 0 aliphatic carbocycles. The molecular weight excluding hydrogens is 432 g/mol. The molecule has 154 valence electrons. The Balaban J connectivity index is 1.82. The molecule has 0 aliphatic heterocycles. The number of benzene rings is 2. The van der Waals surface area contributed by atoms with Crippen LogP contribution in [0.3, 0.4) is 0 Å². The highest BCUT2D eigenvalue weighted by molar-refractivity contribution is 6.33. The Bertz CT molecular complexity index is 1220. The summed E-state index contributed by atoms with van der Waals surface area (Å²) >= 11 is 12.4. The predicted octanol–water partition coefficient (Wildman–Crippen LogP) is 5.05. The molecule has 4 aromatic rings. The second-order valence-corrected chi connectivity index (χ2v) is 7.35. The molecule has 2 aromatic carbocycles. The largest absolute Gasteiger partial charge is 0.423 e. The Morgan fingerprint density at radius 1 is 1.17 bits per heavy atom. The van der Waals surface area contributed by atoms with Gasteiger partial charge < -0.3 is 15.2 Å². The standard InChI is InChI=1S/C20H16Cl2FN5O2/c1-10(29)9-24-18-16-17(12-4-2-3-5-13(12)21)27-28-19(16)26-20(25-18)30-15-7-6-11(23)8-14(15)22/h2-8,10,29H,9H2,1H3,(H2,24,25,26,27,28)/t10-/m0/s1. The van der Waals surface area contributed by atoms with E-state index >= 15 is 0 Å². The van der Waals surface area contributed by atoms with E-state index in [2.05, 4.69) is 25.5 Å². The molecule has 10 heteroatoms. The summed E-state index contributed by atoms with van der Waals surface area (Å²) in [5.74, 6) is 0.100. The molecule has 4 rings (SSSR count). The summed E-state index contributed by atoms with van der Waals surface area (Å²) in [6, 6.07) is 11.0. The molecule has 2 aromatic heterocycles. The van der Waals surface area contributed by atoms with Crippen LogP contribution in [0.15, 0.2) is 42.5 Å². The third-order valence-electron chi connectivity index (χ3n) is 4.19. The molecule has 2 heterocycles. The normalized spacial score (nSPS) is 12.2. The highest BCUT2D eigenvalue weighted by Crippen LogP contribution is 2.36. The molecule has 30 heavy (non-hydrogen) atoms. The van der Waals surface area contributed by atoms with Gasteiger partial charge in [0.05, 0.1) is 21.5 Å². The number of anilines is 1. The van der Waals surface area contributed by atoms with E-state index in [9.17, 15) is 9.50 Å². The highest BCUT2D eigenvalue weighted by Gasteiger charge is 2.20. The Kier molecular flexibility index (Phi) is 5.72. The van der Waals surface area contributed by atoms with Gasteiger partial charge in [-0.2, -0.15) is 15.1 Å². The van der Waals surface area contributed by atoms with Crippen LogP contribution in [0, 0.1) is 5.82 Å². The molecule has 1 atom stereocenters. The van der Waals surface area contributed by atoms with Gasteiger partial charge in [-0.1, -0.05) is 41.4 Å². The van der Waals surface area contributed by atoms with Crippen LogP contribution in [0.4, 0.5) is 10.2 Å². The van der Waals surface area contributed by atoms with Crippen LogP contribution in [-0.2, 0) is 0 Å². The summed E-state index contributed by atoms with van der Waals surface area (Å²) in [5, 5.41) is 21.2. The first kappa shape index (κ1) is 20.3. The van der Waals surface area contributed by atoms with E-state index in [1.165, 1.54) is 12.1 Å². The highest BCUT2D eigenvalue weighted by atomic mass is 35.5. The van der Waals surface area contributed by atoms with Crippen molar-refractivity contribution in [3.8, 4) is 23.0 Å². The van der Waals surface area contributed by atoms with Gasteiger partial charge in [0.25, 0.3) is 0 Å². The maximum absolute atomic E-state index is 13.3. The fourth-order valence-corrected chi connectivity index (χ4v) is 3.26. The number of rotatable bonds is 6. The lowest BCUT2D eigenvalue weighted by molar-refractivity contribution is 0.208. The van der Waals surface area contributed by atoms with Crippen molar-refractivity contribution in [1.29, 1.82) is 0 Å². The summed E-state index contributed by atoms with van der Waals surface area (Å²) in [4.78, 5) is 8.76. The second-order valence-electron chi connectivity index (χ2n) is 6.54. The zero-order valence-corrected chi connectivity index (χ0v) is 17.2. The van der Waals surface area contributed by atoms with Crippen molar-refractivity contribution >= 4 is 40.1 Å². The number of hydrogen-bond donors (Lipinski definition) is 3. The molecule has 7 nitrogen and oxygen atoms in total. The predicted molar refractivity (Wildman–Crippen MR) is 114 cm³/mol. The molecule has 0 spiro atoms. The second kappa shape index (κ2) is 8.43. The van der Waals surface area contributed by atoms with Crippen molar-refractivity contribution in [2.45, 2.75) is 13.0 Å². The minimum absolute atomic E-state index is 0.0292. The lowest BCUT2D eigenvalue weighted by Gasteiger charge is -2.12. The summed E-state index contributed by atoms with van der Waals surface area (Å²) in [7, 11) is 0. The Labute approximate surface area is 180 Å². The lowest BCUT2D eigenvalue weighted by atomic mass is 10.1. The minimum Gasteiger partial charge on any atom is -0.423 e. The lowest BCUT2D eigenvalue weighted by Crippen LogP contribution is -2.16. The first-order chi connectivity index (χ1) is 14.4. The molecule has 0 amide bonds. The summed E-state index contributed by atoms with van der Waals surface area (Å²) in [6.45, 7) is 1.88. The number of aromatic nitrogens is 4. The third-order valence-corrected chi connectivity index (χ3v) is 4.81. The van der Waals surface area contributed by atoms with Crippen molar-refractivity contribution < 1.29 is 14.2 Å². The summed E-state index contributed by atoms with van der Waals surface area (Å²) in [5.41, 5.74) is 1.64. The van der Waals surface area contributed by atoms with Gasteiger partial charge in [-0.3, -0.25) is 5.10 Å². The summed E-state index contributed by atoms with van der Waals surface area (Å²) in [6.07, 6.45) is -0.624. The third kappa shape index (κ3) is 4.16. The number of halogens is 3. The summed E-state index contributed by atoms with van der Waals surface area (Å²) < 4.78 is 19.0. The van der Waals surface area contributed by atoms with E-state index in [0.717, 1.165) is 6.07 Å². The maximum atomic E-state index is 13.3. The SMILES string of the molecule is C[C@H](O)CNc1nc(Oc2ccc(F)cc2Cl)nc2[nH]nc(-c3ccccc3Cl)c12. The molecule has 0 unspecified atom stereocenters. The number of aliphatic hydroxyl groups is 1. The number of nitrogens with one attached hydrogen (secondary N) is 2. The van der Waals surface area contributed by atoms with E-state index in [4.69, 9.17) is 27.9 Å². The van der Waals surface area contributed by atoms with Gasteiger partial charge >= 0.3 is 6.01 Å². The van der Waals surface area contributed by atoms with Gasteiger partial charge in [0.1, 0.15) is 23.1 Å². The van der Waals surface area contributed by atoms with Gasteiger partial charge in [0.15, 0.2) is 5.65 Å². The Morgan fingerprint density at radius 2 is 1.97 bits per heavy atom. The van der Waals surface area contributed by atoms with Crippen LogP contribution in [0.25, 0.3) is 22.3 Å². The van der Waals surface area contributed by atoms with Crippen LogP contribution in [0.1, 0.15) is 6.92 Å². The van der Waals surface area contributed by atoms with Gasteiger partial charge in [-0.15, -0.1) is 0 Å². The Hall–Kier alpha value is -2.94. The molecule has 0 radical (unpaired) electrons. The van der Waals surface area contributed by atoms with Crippen molar-refractivity contribution in [3.05, 3.63) is 58.3 Å². The molecule has 3 N–H and O–H groups in total. The maximum Gasteiger partial charge on any atom is 0.326 e. The first-order valence-electron chi connectivity index (χ1n) is 8.98. The van der Waals surface area contributed by atoms with E-state index in [0.29, 0.717) is 33.1 Å². The van der Waals surface area contributed by atoms with E-state index in [1.54, 1.807) is 13.0 Å². The smallest absolute Gasteiger partial charge is 0.326 e. The fraction of sp³-hybridized carbons (Fsp3) is 0.150. The van der Waals surface area contributed by atoms with Crippen molar-refractivity contribution in [2.24, 2.45) is 0 Å². The molecule has 0 saturated carbocycles. The van der Waals surface area contributed by atoms with Crippen LogP contribution in [0.2, 0.25) is 10.0 Å². The number of hydrogen-bond acceptors (Lipinski definition) is 6. The fourth-order valence-electron chi connectivity index (χ4n) is 2.83. The van der Waals surface area contributed by atoms with E-state index < -0.39 is 11.9 Å². The zero-order chi connectivity index (χ0) is 21.3. The van der Waals surface area contributed by atoms with Crippen LogP contribution in [-0.4, -0.2) is 37.9 Å². The number of nitrogens with zero attached hydrogens (tertiary/aromatic N) is 3. The molecule has 0 fully saturated rings. The van der Waals surface area contributed by atoms with Crippen molar-refractivity contribution in [1.82, 2.24) is 20.2 Å². The number of ether oxygens (including phenoxy) is 1. The van der Waals surface area contributed by atoms with Crippen molar-refractivity contribution in [3.63, 3.8) is 0 Å². The topological polar surface area (TPSA) is 96.0 Å². The van der Waals surface area contributed by atoms with Crippen LogP contribution >= 0.6 is 23.2 Å². The minimum atomic E-state index is -0.624. The van der Waals surface area contributed by atoms with Gasteiger partial charge in [0, 0.05) is 12.1 Å². The van der Waals surface area contributed by atoms with Crippen LogP contribution < -0.4 is 10.1 Å². The number of aromatic amines is 1. The number of H-pyrrole nitrogens is 1. The van der Waals surface area contributed by atoms with E-state index in [1.807, 2.05) is 18.2 Å².